The lowest BCUT2D eigenvalue weighted by Gasteiger charge is -2.32. The molecule has 3 aromatic rings. The van der Waals surface area contributed by atoms with Gasteiger partial charge in [-0.15, -0.1) is 0 Å². The van der Waals surface area contributed by atoms with Crippen molar-refractivity contribution in [1.29, 1.82) is 0 Å². The minimum Gasteiger partial charge on any atom is -0.349 e. The SMILES string of the molecule is O=C(NC1CCN(Cc2ccccc2)CC1)c1cn[nH]c1-c1ccccc1. The van der Waals surface area contributed by atoms with Crippen molar-refractivity contribution in [2.45, 2.75) is 25.4 Å². The van der Waals surface area contributed by atoms with Crippen LogP contribution in [-0.4, -0.2) is 40.1 Å². The predicted molar refractivity (Wildman–Crippen MR) is 106 cm³/mol. The second-order valence-electron chi connectivity index (χ2n) is 7.03. The van der Waals surface area contributed by atoms with E-state index in [0.29, 0.717) is 5.56 Å². The van der Waals surface area contributed by atoms with Crippen LogP contribution in [-0.2, 0) is 6.54 Å². The molecule has 0 atom stereocenters. The summed E-state index contributed by atoms with van der Waals surface area (Å²) in [5.74, 6) is -0.0517. The summed E-state index contributed by atoms with van der Waals surface area (Å²) in [7, 11) is 0. The fourth-order valence-corrected chi connectivity index (χ4v) is 3.62. The lowest BCUT2D eigenvalue weighted by molar-refractivity contribution is 0.0909. The fraction of sp³-hybridized carbons (Fsp3) is 0.273. The topological polar surface area (TPSA) is 61.0 Å². The number of piperidine rings is 1. The monoisotopic (exact) mass is 360 g/mol. The van der Waals surface area contributed by atoms with Crippen LogP contribution in [0.3, 0.4) is 0 Å². The molecule has 2 heterocycles. The average Bonchev–Trinajstić information content (AvgIpc) is 3.21. The fourth-order valence-electron chi connectivity index (χ4n) is 3.62. The number of benzene rings is 2. The van der Waals surface area contributed by atoms with E-state index in [4.69, 9.17) is 0 Å². The number of H-pyrrole nitrogens is 1. The molecule has 2 N–H and O–H groups in total. The first-order chi connectivity index (χ1) is 13.3. The largest absolute Gasteiger partial charge is 0.349 e. The van der Waals surface area contributed by atoms with Gasteiger partial charge in [-0.2, -0.15) is 5.10 Å². The van der Waals surface area contributed by atoms with E-state index in [-0.39, 0.29) is 11.9 Å². The minimum absolute atomic E-state index is 0.0517. The quantitative estimate of drug-likeness (QED) is 0.732. The van der Waals surface area contributed by atoms with Gasteiger partial charge in [0.2, 0.25) is 0 Å². The maximum absolute atomic E-state index is 12.8. The highest BCUT2D eigenvalue weighted by molar-refractivity contribution is 5.99. The second kappa shape index (κ2) is 8.18. The molecule has 0 radical (unpaired) electrons. The van der Waals surface area contributed by atoms with Crippen molar-refractivity contribution in [3.05, 3.63) is 78.0 Å². The van der Waals surface area contributed by atoms with Crippen molar-refractivity contribution in [3.8, 4) is 11.3 Å². The Labute approximate surface area is 159 Å². The van der Waals surface area contributed by atoms with Gasteiger partial charge in [0.15, 0.2) is 0 Å². The Balaban J connectivity index is 1.33. The van der Waals surface area contributed by atoms with Crippen LogP contribution in [0.15, 0.2) is 66.9 Å². The molecule has 5 heteroatoms. The third-order valence-corrected chi connectivity index (χ3v) is 5.12. The molecule has 0 spiro atoms. The van der Waals surface area contributed by atoms with E-state index < -0.39 is 0 Å². The van der Waals surface area contributed by atoms with Crippen LogP contribution in [0.1, 0.15) is 28.8 Å². The minimum atomic E-state index is -0.0517. The normalized spacial score (nSPS) is 15.6. The van der Waals surface area contributed by atoms with Crippen molar-refractivity contribution in [1.82, 2.24) is 20.4 Å². The molecule has 1 amide bonds. The van der Waals surface area contributed by atoms with Crippen molar-refractivity contribution >= 4 is 5.91 Å². The maximum atomic E-state index is 12.8. The van der Waals surface area contributed by atoms with Crippen LogP contribution in [0.25, 0.3) is 11.3 Å². The highest BCUT2D eigenvalue weighted by Crippen LogP contribution is 2.21. The number of rotatable bonds is 5. The molecule has 1 aliphatic rings. The maximum Gasteiger partial charge on any atom is 0.255 e. The summed E-state index contributed by atoms with van der Waals surface area (Å²) in [6.45, 7) is 2.97. The average molecular weight is 360 g/mol. The third-order valence-electron chi connectivity index (χ3n) is 5.12. The van der Waals surface area contributed by atoms with Gasteiger partial charge in [0, 0.05) is 31.2 Å². The van der Waals surface area contributed by atoms with Crippen molar-refractivity contribution in [2.24, 2.45) is 0 Å². The van der Waals surface area contributed by atoms with Gasteiger partial charge in [-0.3, -0.25) is 14.8 Å². The summed E-state index contributed by atoms with van der Waals surface area (Å²) in [6, 6.07) is 20.6. The van der Waals surface area contributed by atoms with Crippen molar-refractivity contribution < 1.29 is 4.79 Å². The highest BCUT2D eigenvalue weighted by atomic mass is 16.1. The number of amides is 1. The van der Waals surface area contributed by atoms with Crippen LogP contribution in [0.5, 0.6) is 0 Å². The number of carbonyl (C=O) groups is 1. The molecule has 5 nitrogen and oxygen atoms in total. The standard InChI is InChI=1S/C22H24N4O/c27-22(20-15-23-25-21(20)18-9-5-2-6-10-18)24-19-11-13-26(14-12-19)16-17-7-3-1-4-8-17/h1-10,15,19H,11-14,16H2,(H,23,25)(H,24,27). The van der Waals surface area contributed by atoms with Crippen LogP contribution in [0.2, 0.25) is 0 Å². The Kier molecular flexibility index (Phi) is 5.30. The Bertz CT molecular complexity index is 868. The van der Waals surface area contributed by atoms with E-state index in [9.17, 15) is 4.79 Å². The van der Waals surface area contributed by atoms with Gasteiger partial charge in [-0.05, 0) is 18.4 Å². The first-order valence-corrected chi connectivity index (χ1v) is 9.45. The zero-order valence-electron chi connectivity index (χ0n) is 15.3. The molecule has 0 unspecified atom stereocenters. The molecule has 0 bridgehead atoms. The van der Waals surface area contributed by atoms with Gasteiger partial charge in [0.05, 0.1) is 17.5 Å². The summed E-state index contributed by atoms with van der Waals surface area (Å²) in [5, 5.41) is 10.2. The van der Waals surface area contributed by atoms with Crippen molar-refractivity contribution in [2.75, 3.05) is 13.1 Å². The van der Waals surface area contributed by atoms with Crippen LogP contribution in [0, 0.1) is 0 Å². The summed E-state index contributed by atoms with van der Waals surface area (Å²) in [4.78, 5) is 15.2. The molecule has 1 fully saturated rings. The van der Waals surface area contributed by atoms with E-state index in [2.05, 4.69) is 44.7 Å². The highest BCUT2D eigenvalue weighted by Gasteiger charge is 2.23. The summed E-state index contributed by atoms with van der Waals surface area (Å²) >= 11 is 0. The van der Waals surface area contributed by atoms with E-state index in [1.165, 1.54) is 5.56 Å². The molecule has 27 heavy (non-hydrogen) atoms. The van der Waals surface area contributed by atoms with E-state index in [0.717, 1.165) is 43.7 Å². The number of aromatic nitrogens is 2. The number of hydrogen-bond donors (Lipinski definition) is 2. The Morgan fingerprint density at radius 3 is 2.41 bits per heavy atom. The molecule has 2 aromatic carbocycles. The zero-order valence-corrected chi connectivity index (χ0v) is 15.3. The number of likely N-dealkylation sites (tertiary alicyclic amines) is 1. The Morgan fingerprint density at radius 1 is 1.04 bits per heavy atom. The molecule has 0 aliphatic carbocycles. The van der Waals surface area contributed by atoms with E-state index in [1.54, 1.807) is 6.20 Å². The zero-order chi connectivity index (χ0) is 18.5. The first-order valence-electron chi connectivity index (χ1n) is 9.45. The van der Waals surface area contributed by atoms with Gasteiger partial charge in [-0.1, -0.05) is 60.7 Å². The van der Waals surface area contributed by atoms with Crippen LogP contribution in [0.4, 0.5) is 0 Å². The molecule has 138 valence electrons. The molecular formula is C22H24N4O. The summed E-state index contributed by atoms with van der Waals surface area (Å²) < 4.78 is 0. The van der Waals surface area contributed by atoms with Crippen molar-refractivity contribution in [3.63, 3.8) is 0 Å². The predicted octanol–water partition coefficient (Wildman–Crippen LogP) is 3.47. The Morgan fingerprint density at radius 2 is 1.70 bits per heavy atom. The van der Waals surface area contributed by atoms with Crippen LogP contribution < -0.4 is 5.32 Å². The molecule has 1 aliphatic heterocycles. The molecular weight excluding hydrogens is 336 g/mol. The first kappa shape index (κ1) is 17.5. The third kappa shape index (κ3) is 4.26. The van der Waals surface area contributed by atoms with E-state index >= 15 is 0 Å². The molecule has 0 saturated carbocycles. The van der Waals surface area contributed by atoms with Gasteiger partial charge >= 0.3 is 0 Å². The van der Waals surface area contributed by atoms with E-state index in [1.807, 2.05) is 36.4 Å². The summed E-state index contributed by atoms with van der Waals surface area (Å²) in [6.07, 6.45) is 3.55. The number of nitrogens with zero attached hydrogens (tertiary/aromatic N) is 2. The molecule has 1 aromatic heterocycles. The number of hydrogen-bond acceptors (Lipinski definition) is 3. The number of carbonyl (C=O) groups excluding carboxylic acids is 1. The Hall–Kier alpha value is -2.92. The van der Waals surface area contributed by atoms with Crippen LogP contribution >= 0.6 is 0 Å². The number of aromatic amines is 1. The van der Waals surface area contributed by atoms with Gasteiger partial charge < -0.3 is 5.32 Å². The molecule has 1 saturated heterocycles. The lowest BCUT2D eigenvalue weighted by Crippen LogP contribution is -2.44. The van der Waals surface area contributed by atoms with Gasteiger partial charge in [-0.25, -0.2) is 0 Å². The summed E-state index contributed by atoms with van der Waals surface area (Å²) in [5.41, 5.74) is 3.69. The molecule has 4 rings (SSSR count). The smallest absolute Gasteiger partial charge is 0.255 e. The lowest BCUT2D eigenvalue weighted by atomic mass is 10.0. The number of nitrogens with one attached hydrogen (secondary N) is 2. The second-order valence-corrected chi connectivity index (χ2v) is 7.03. The van der Waals surface area contributed by atoms with Gasteiger partial charge in [0.25, 0.3) is 5.91 Å². The van der Waals surface area contributed by atoms with Gasteiger partial charge in [0.1, 0.15) is 0 Å².